The number of H-pyrrole nitrogens is 1. The number of ether oxygens (including phenoxy) is 1. The van der Waals surface area contributed by atoms with E-state index in [-0.39, 0.29) is 11.6 Å². The molecule has 0 atom stereocenters. The molecule has 0 aliphatic rings. The third kappa shape index (κ3) is 4.74. The Balaban J connectivity index is 1.68. The number of aromatic amines is 1. The fourth-order valence-electron chi connectivity index (χ4n) is 3.58. The first-order valence-corrected chi connectivity index (χ1v) is 10.6. The van der Waals surface area contributed by atoms with Crippen LogP contribution in [0.4, 0.5) is 23.0 Å². The molecule has 34 heavy (non-hydrogen) atoms. The highest BCUT2D eigenvalue weighted by Gasteiger charge is 2.22. The van der Waals surface area contributed by atoms with Crippen molar-refractivity contribution < 1.29 is 9.66 Å². The van der Waals surface area contributed by atoms with Crippen LogP contribution in [0.3, 0.4) is 0 Å². The summed E-state index contributed by atoms with van der Waals surface area (Å²) in [4.78, 5) is 24.2. The van der Waals surface area contributed by atoms with Crippen LogP contribution >= 0.6 is 0 Å². The average Bonchev–Trinajstić information content (AvgIpc) is 3.26. The van der Waals surface area contributed by atoms with Gasteiger partial charge in [0.25, 0.3) is 5.69 Å². The zero-order valence-corrected chi connectivity index (χ0v) is 19.4. The number of nitrogens with one attached hydrogen (secondary N) is 2. The molecule has 4 aromatic rings. The lowest BCUT2D eigenvalue weighted by molar-refractivity contribution is -0.384. The van der Waals surface area contributed by atoms with E-state index in [2.05, 4.69) is 25.5 Å². The predicted molar refractivity (Wildman–Crippen MR) is 132 cm³/mol. The van der Waals surface area contributed by atoms with Gasteiger partial charge in [-0.2, -0.15) is 5.10 Å². The van der Waals surface area contributed by atoms with Crippen LogP contribution < -0.4 is 15.0 Å². The fraction of sp³-hybridized carbons (Fsp3) is 0.261. The molecule has 2 N–H and O–H groups in total. The summed E-state index contributed by atoms with van der Waals surface area (Å²) in [6.07, 6.45) is 1.61. The SMILES string of the molecule is COc1cc(N(C)CCN(C)C)c([N+](=O)[O-])cc1Nc1nccc(-c2n[nH]c3ccccc23)n1. The number of nitrogens with zero attached hydrogens (tertiary/aromatic N) is 6. The normalized spacial score (nSPS) is 11.1. The van der Waals surface area contributed by atoms with E-state index in [1.54, 1.807) is 18.3 Å². The largest absolute Gasteiger partial charge is 0.494 e. The number of anilines is 3. The third-order valence-electron chi connectivity index (χ3n) is 5.40. The van der Waals surface area contributed by atoms with Crippen LogP contribution in [-0.2, 0) is 0 Å². The maximum Gasteiger partial charge on any atom is 0.294 e. The number of nitro benzene ring substituents is 1. The van der Waals surface area contributed by atoms with Crippen molar-refractivity contribution in [1.82, 2.24) is 25.1 Å². The van der Waals surface area contributed by atoms with Crippen molar-refractivity contribution in [2.75, 3.05) is 51.6 Å². The van der Waals surface area contributed by atoms with E-state index >= 15 is 0 Å². The highest BCUT2D eigenvalue weighted by Crippen LogP contribution is 2.39. The molecule has 0 fully saturated rings. The standard InChI is InChI=1S/C23H26N8O3/c1-29(2)11-12-30(3)19-14-21(34-4)18(13-20(19)31(32)33)26-23-24-10-9-17(25-23)22-15-7-5-6-8-16(15)27-28-22/h5-10,13-14H,11-12H2,1-4H3,(H,27,28)(H,24,25,26). The Labute approximate surface area is 196 Å². The number of para-hydroxylation sites is 1. The lowest BCUT2D eigenvalue weighted by atomic mass is 10.1. The number of fused-ring (bicyclic) bond motifs is 1. The van der Waals surface area contributed by atoms with Crippen LogP contribution in [-0.4, -0.2) is 71.3 Å². The monoisotopic (exact) mass is 462 g/mol. The van der Waals surface area contributed by atoms with Gasteiger partial charge >= 0.3 is 0 Å². The van der Waals surface area contributed by atoms with Gasteiger partial charge in [0.15, 0.2) is 0 Å². The van der Waals surface area contributed by atoms with E-state index < -0.39 is 4.92 Å². The minimum absolute atomic E-state index is 0.0426. The maximum absolute atomic E-state index is 11.9. The van der Waals surface area contributed by atoms with Crippen LogP contribution in [0.15, 0.2) is 48.7 Å². The van der Waals surface area contributed by atoms with Crippen LogP contribution in [0.25, 0.3) is 22.3 Å². The summed E-state index contributed by atoms with van der Waals surface area (Å²) in [5.41, 5.74) is 3.02. The van der Waals surface area contributed by atoms with Crippen molar-refractivity contribution in [2.24, 2.45) is 0 Å². The van der Waals surface area contributed by atoms with Crippen molar-refractivity contribution in [1.29, 1.82) is 0 Å². The first kappa shape index (κ1) is 22.9. The number of hydrogen-bond acceptors (Lipinski definition) is 9. The van der Waals surface area contributed by atoms with Crippen LogP contribution in [0, 0.1) is 10.1 Å². The van der Waals surface area contributed by atoms with Gasteiger partial charge < -0.3 is 19.9 Å². The topological polar surface area (TPSA) is 125 Å². The Hall–Kier alpha value is -4.25. The Morgan fingerprint density at radius 1 is 1.15 bits per heavy atom. The number of aromatic nitrogens is 4. The molecule has 2 aromatic heterocycles. The Bertz CT molecular complexity index is 1320. The summed E-state index contributed by atoms with van der Waals surface area (Å²) in [5, 5.41) is 23.2. The Kier molecular flexibility index (Phi) is 6.55. The van der Waals surface area contributed by atoms with E-state index in [1.165, 1.54) is 13.2 Å². The molecule has 0 spiro atoms. The van der Waals surface area contributed by atoms with Crippen molar-refractivity contribution >= 4 is 33.9 Å². The lowest BCUT2D eigenvalue weighted by Gasteiger charge is -2.22. The second-order valence-electron chi connectivity index (χ2n) is 8.03. The van der Waals surface area contributed by atoms with E-state index in [0.717, 1.165) is 17.4 Å². The van der Waals surface area contributed by atoms with Gasteiger partial charge in [-0.05, 0) is 26.2 Å². The number of benzene rings is 2. The molecular formula is C23H26N8O3. The number of nitro groups is 1. The van der Waals surface area contributed by atoms with Gasteiger partial charge in [0.05, 0.1) is 28.9 Å². The summed E-state index contributed by atoms with van der Waals surface area (Å²) in [5.74, 6) is 0.711. The maximum atomic E-state index is 11.9. The molecule has 11 heteroatoms. The van der Waals surface area contributed by atoms with Crippen LogP contribution in [0.5, 0.6) is 5.75 Å². The molecule has 0 amide bonds. The zero-order valence-electron chi connectivity index (χ0n) is 19.4. The highest BCUT2D eigenvalue weighted by molar-refractivity contribution is 5.92. The summed E-state index contributed by atoms with van der Waals surface area (Å²) in [7, 11) is 7.24. The molecule has 0 aliphatic carbocycles. The van der Waals surface area contributed by atoms with Gasteiger partial charge in [-0.3, -0.25) is 15.2 Å². The molecule has 0 radical (unpaired) electrons. The molecule has 0 aliphatic heterocycles. The summed E-state index contributed by atoms with van der Waals surface area (Å²) >= 11 is 0. The van der Waals surface area contributed by atoms with E-state index in [1.807, 2.05) is 55.2 Å². The third-order valence-corrected chi connectivity index (χ3v) is 5.40. The van der Waals surface area contributed by atoms with Crippen molar-refractivity contribution in [3.63, 3.8) is 0 Å². The minimum Gasteiger partial charge on any atom is -0.494 e. The Morgan fingerprint density at radius 2 is 1.94 bits per heavy atom. The Morgan fingerprint density at radius 3 is 2.68 bits per heavy atom. The van der Waals surface area contributed by atoms with E-state index in [9.17, 15) is 10.1 Å². The van der Waals surface area contributed by atoms with E-state index in [0.29, 0.717) is 35.1 Å². The first-order chi connectivity index (χ1) is 16.4. The van der Waals surface area contributed by atoms with Gasteiger partial charge in [-0.1, -0.05) is 18.2 Å². The number of methoxy groups -OCH3 is 1. The molecule has 0 saturated carbocycles. The van der Waals surface area contributed by atoms with Gasteiger partial charge in [0, 0.05) is 43.9 Å². The molecule has 4 rings (SSSR count). The van der Waals surface area contributed by atoms with Gasteiger partial charge in [0.2, 0.25) is 5.95 Å². The first-order valence-electron chi connectivity index (χ1n) is 10.6. The summed E-state index contributed by atoms with van der Waals surface area (Å²) in [6, 6.07) is 12.6. The zero-order chi connectivity index (χ0) is 24.2. The van der Waals surface area contributed by atoms with Crippen LogP contribution in [0.2, 0.25) is 0 Å². The molecule has 2 aromatic carbocycles. The predicted octanol–water partition coefficient (Wildman–Crippen LogP) is 3.68. The average molecular weight is 463 g/mol. The molecular weight excluding hydrogens is 436 g/mol. The second kappa shape index (κ2) is 9.71. The quantitative estimate of drug-likeness (QED) is 0.283. The molecule has 2 heterocycles. The highest BCUT2D eigenvalue weighted by atomic mass is 16.6. The van der Waals surface area contributed by atoms with Gasteiger partial charge in [-0.15, -0.1) is 0 Å². The van der Waals surface area contributed by atoms with Crippen molar-refractivity contribution in [3.05, 3.63) is 58.8 Å². The smallest absolute Gasteiger partial charge is 0.294 e. The van der Waals surface area contributed by atoms with Crippen molar-refractivity contribution in [2.45, 2.75) is 0 Å². The number of rotatable bonds is 9. The molecule has 0 unspecified atom stereocenters. The summed E-state index contributed by atoms with van der Waals surface area (Å²) in [6.45, 7) is 1.37. The van der Waals surface area contributed by atoms with E-state index in [4.69, 9.17) is 4.74 Å². The number of likely N-dealkylation sites (N-methyl/N-ethyl adjacent to an activating group) is 2. The number of hydrogen-bond donors (Lipinski definition) is 2. The summed E-state index contributed by atoms with van der Waals surface area (Å²) < 4.78 is 5.53. The van der Waals surface area contributed by atoms with Gasteiger partial charge in [-0.25, -0.2) is 9.97 Å². The fourth-order valence-corrected chi connectivity index (χ4v) is 3.58. The molecule has 176 valence electrons. The van der Waals surface area contributed by atoms with Gasteiger partial charge in [0.1, 0.15) is 17.1 Å². The minimum atomic E-state index is -0.404. The second-order valence-corrected chi connectivity index (χ2v) is 8.03. The molecule has 0 bridgehead atoms. The van der Waals surface area contributed by atoms with Crippen LogP contribution in [0.1, 0.15) is 0 Å². The van der Waals surface area contributed by atoms with Crippen molar-refractivity contribution in [3.8, 4) is 17.1 Å². The lowest BCUT2D eigenvalue weighted by Crippen LogP contribution is -2.28. The molecule has 0 saturated heterocycles. The molecule has 11 nitrogen and oxygen atoms in total.